The predicted molar refractivity (Wildman–Crippen MR) is 52.7 cm³/mol. The number of hydrogen-bond donors (Lipinski definition) is 1. The van der Waals surface area contributed by atoms with Crippen molar-refractivity contribution in [2.75, 3.05) is 13.2 Å². The summed E-state index contributed by atoms with van der Waals surface area (Å²) in [6, 6.07) is 4.99. The van der Waals surface area contributed by atoms with Crippen molar-refractivity contribution >= 4 is 5.97 Å². The van der Waals surface area contributed by atoms with Gasteiger partial charge in [0.25, 0.3) is 0 Å². The van der Waals surface area contributed by atoms with E-state index in [-0.39, 0.29) is 0 Å². The van der Waals surface area contributed by atoms with Gasteiger partial charge in [0.15, 0.2) is 17.0 Å². The van der Waals surface area contributed by atoms with E-state index in [2.05, 4.69) is 5.73 Å². The topological polar surface area (TPSA) is 86.2 Å². The van der Waals surface area contributed by atoms with E-state index >= 15 is 0 Å². The van der Waals surface area contributed by atoms with Crippen LogP contribution in [0.25, 0.3) is 0 Å². The minimum Gasteiger partial charge on any atom is -0.543 e. The van der Waals surface area contributed by atoms with E-state index in [4.69, 9.17) is 9.47 Å². The Balaban J connectivity index is 2.40. The van der Waals surface area contributed by atoms with Crippen LogP contribution in [0.3, 0.4) is 0 Å². The van der Waals surface area contributed by atoms with E-state index < -0.39 is 11.5 Å². The number of carboxylic acids is 1. The average molecular weight is 223 g/mol. The highest BCUT2D eigenvalue weighted by molar-refractivity contribution is 5.76. The molecule has 1 heterocycles. The third-order valence-corrected chi connectivity index (χ3v) is 2.63. The minimum atomic E-state index is -1.28. The van der Waals surface area contributed by atoms with Crippen LogP contribution in [0.5, 0.6) is 11.5 Å². The van der Waals surface area contributed by atoms with Crippen molar-refractivity contribution in [1.82, 2.24) is 0 Å². The van der Waals surface area contributed by atoms with Crippen LogP contribution >= 0.6 is 0 Å². The highest BCUT2D eigenvalue weighted by Crippen LogP contribution is 2.32. The fourth-order valence-electron chi connectivity index (χ4n) is 1.50. The molecule has 0 bridgehead atoms. The molecule has 0 saturated heterocycles. The fraction of sp³-hybridized carbons (Fsp3) is 0.364. The number of rotatable bonds is 2. The zero-order chi connectivity index (χ0) is 11.8. The molecule has 16 heavy (non-hydrogen) atoms. The third-order valence-electron chi connectivity index (χ3n) is 2.63. The Labute approximate surface area is 92.8 Å². The van der Waals surface area contributed by atoms with Crippen molar-refractivity contribution in [3.05, 3.63) is 23.8 Å². The molecule has 1 aromatic carbocycles. The third kappa shape index (κ3) is 1.69. The smallest absolute Gasteiger partial charge is 0.161 e. The van der Waals surface area contributed by atoms with Crippen molar-refractivity contribution in [3.63, 3.8) is 0 Å². The molecule has 0 radical (unpaired) electrons. The number of carbonyl (C=O) groups is 1. The van der Waals surface area contributed by atoms with Crippen LogP contribution in [-0.4, -0.2) is 19.2 Å². The number of quaternary nitrogens is 1. The largest absolute Gasteiger partial charge is 0.543 e. The van der Waals surface area contributed by atoms with Gasteiger partial charge in [-0.05, 0) is 18.2 Å². The second-order valence-electron chi connectivity index (χ2n) is 3.98. The summed E-state index contributed by atoms with van der Waals surface area (Å²) in [5.41, 5.74) is 2.89. The lowest BCUT2D eigenvalue weighted by atomic mass is 9.93. The van der Waals surface area contributed by atoms with E-state index in [0.717, 1.165) is 0 Å². The number of carboxylic acid groups (broad SMARTS) is 1. The molecular weight excluding hydrogens is 210 g/mol. The quantitative estimate of drug-likeness (QED) is 0.672. The van der Waals surface area contributed by atoms with E-state index in [1.165, 1.54) is 6.92 Å². The molecule has 0 spiro atoms. The van der Waals surface area contributed by atoms with Crippen molar-refractivity contribution in [1.29, 1.82) is 0 Å². The van der Waals surface area contributed by atoms with Gasteiger partial charge in [0.2, 0.25) is 0 Å². The first-order valence-electron chi connectivity index (χ1n) is 4.99. The number of fused-ring (bicyclic) bond motifs is 1. The number of benzene rings is 1. The van der Waals surface area contributed by atoms with Crippen molar-refractivity contribution < 1.29 is 25.1 Å². The standard InChI is InChI=1S/C11H13NO4/c1-11(12,10(13)14)7-2-3-8-9(6-7)16-5-4-15-8/h2-3,6H,4-5,12H2,1H3,(H,13,14)/t11-/m1/s1. The molecule has 1 atom stereocenters. The monoisotopic (exact) mass is 223 g/mol. The van der Waals surface area contributed by atoms with Gasteiger partial charge >= 0.3 is 0 Å². The van der Waals surface area contributed by atoms with Crippen molar-refractivity contribution in [2.45, 2.75) is 12.5 Å². The van der Waals surface area contributed by atoms with Crippen LogP contribution in [-0.2, 0) is 10.3 Å². The lowest BCUT2D eigenvalue weighted by Gasteiger charge is -2.25. The van der Waals surface area contributed by atoms with Crippen LogP contribution in [0.1, 0.15) is 12.5 Å². The first kappa shape index (κ1) is 10.8. The van der Waals surface area contributed by atoms with E-state index in [9.17, 15) is 9.90 Å². The number of hydrogen-bond acceptors (Lipinski definition) is 4. The molecule has 0 unspecified atom stereocenters. The Bertz CT molecular complexity index is 428. The van der Waals surface area contributed by atoms with Crippen LogP contribution in [0.4, 0.5) is 0 Å². The molecule has 0 aromatic heterocycles. The SMILES string of the molecule is C[C@]([NH3+])(C(=O)[O-])c1ccc2c(c1)OCCO2. The van der Waals surface area contributed by atoms with Crippen LogP contribution < -0.4 is 20.3 Å². The Morgan fingerprint density at radius 3 is 2.62 bits per heavy atom. The Kier molecular flexibility index (Phi) is 2.47. The lowest BCUT2D eigenvalue weighted by Crippen LogP contribution is -2.75. The van der Waals surface area contributed by atoms with Gasteiger partial charge in [-0.25, -0.2) is 0 Å². The Morgan fingerprint density at radius 1 is 1.38 bits per heavy atom. The second-order valence-corrected chi connectivity index (χ2v) is 3.98. The highest BCUT2D eigenvalue weighted by Gasteiger charge is 2.29. The number of ether oxygens (including phenoxy) is 2. The molecule has 86 valence electrons. The van der Waals surface area contributed by atoms with Gasteiger partial charge < -0.3 is 25.1 Å². The first-order valence-corrected chi connectivity index (χ1v) is 4.99. The van der Waals surface area contributed by atoms with Crippen molar-refractivity contribution in [3.8, 4) is 11.5 Å². The Morgan fingerprint density at radius 2 is 2.00 bits per heavy atom. The van der Waals surface area contributed by atoms with Gasteiger partial charge in [-0.2, -0.15) is 0 Å². The number of carbonyl (C=O) groups excluding carboxylic acids is 1. The summed E-state index contributed by atoms with van der Waals surface area (Å²) < 4.78 is 10.7. The fourth-order valence-corrected chi connectivity index (χ4v) is 1.50. The summed E-state index contributed by atoms with van der Waals surface area (Å²) in [4.78, 5) is 10.9. The van der Waals surface area contributed by atoms with E-state index in [0.29, 0.717) is 30.3 Å². The minimum absolute atomic E-state index is 0.468. The molecule has 5 nitrogen and oxygen atoms in total. The maximum absolute atomic E-state index is 10.9. The average Bonchev–Trinajstić information content (AvgIpc) is 2.28. The van der Waals surface area contributed by atoms with Crippen molar-refractivity contribution in [2.24, 2.45) is 0 Å². The van der Waals surface area contributed by atoms with Crippen LogP contribution in [0, 0.1) is 0 Å². The molecule has 2 rings (SSSR count). The van der Waals surface area contributed by atoms with Gasteiger partial charge in [-0.1, -0.05) is 0 Å². The van der Waals surface area contributed by atoms with E-state index in [1.54, 1.807) is 18.2 Å². The molecule has 5 heteroatoms. The Hall–Kier alpha value is -1.75. The normalized spacial score (nSPS) is 17.6. The van der Waals surface area contributed by atoms with Gasteiger partial charge in [0.1, 0.15) is 19.2 Å². The van der Waals surface area contributed by atoms with E-state index in [1.807, 2.05) is 0 Å². The second kappa shape index (κ2) is 3.68. The molecule has 0 aliphatic carbocycles. The molecular formula is C11H13NO4. The molecule has 0 fully saturated rings. The molecule has 3 N–H and O–H groups in total. The maximum atomic E-state index is 10.9. The van der Waals surface area contributed by atoms with Gasteiger partial charge in [-0.15, -0.1) is 0 Å². The summed E-state index contributed by atoms with van der Waals surface area (Å²) in [7, 11) is 0. The molecule has 1 aliphatic rings. The summed E-state index contributed by atoms with van der Waals surface area (Å²) >= 11 is 0. The van der Waals surface area contributed by atoms with Crippen LogP contribution in [0.2, 0.25) is 0 Å². The highest BCUT2D eigenvalue weighted by atomic mass is 16.6. The zero-order valence-corrected chi connectivity index (χ0v) is 8.99. The van der Waals surface area contributed by atoms with Gasteiger partial charge in [0, 0.05) is 12.5 Å². The van der Waals surface area contributed by atoms with Crippen LogP contribution in [0.15, 0.2) is 18.2 Å². The molecule has 1 aliphatic heterocycles. The predicted octanol–water partition coefficient (Wildman–Crippen LogP) is -1.34. The summed E-state index contributed by atoms with van der Waals surface area (Å²) in [6.45, 7) is 2.47. The molecule has 1 aromatic rings. The van der Waals surface area contributed by atoms with Gasteiger partial charge in [0.05, 0.1) is 0 Å². The molecule has 0 amide bonds. The molecule has 0 saturated carbocycles. The zero-order valence-electron chi connectivity index (χ0n) is 8.99. The number of aliphatic carboxylic acids is 1. The summed E-state index contributed by atoms with van der Waals surface area (Å²) in [5, 5.41) is 10.9. The summed E-state index contributed by atoms with van der Waals surface area (Å²) in [6.07, 6.45) is 0. The summed E-state index contributed by atoms with van der Waals surface area (Å²) in [5.74, 6) is -0.0341. The van der Waals surface area contributed by atoms with Gasteiger partial charge in [-0.3, -0.25) is 0 Å². The maximum Gasteiger partial charge on any atom is 0.161 e. The first-order chi connectivity index (χ1) is 7.51. The lowest BCUT2D eigenvalue weighted by molar-refractivity contribution is -0.489.